The fourth-order valence-electron chi connectivity index (χ4n) is 7.46. The van der Waals surface area contributed by atoms with Crippen molar-refractivity contribution in [1.82, 2.24) is 15.4 Å². The smallest absolute Gasteiger partial charge is 0.254 e. The number of amides is 3. The van der Waals surface area contributed by atoms with Crippen molar-refractivity contribution in [3.63, 3.8) is 0 Å². The lowest BCUT2D eigenvalue weighted by Crippen LogP contribution is -2.62. The van der Waals surface area contributed by atoms with E-state index in [0.717, 1.165) is 64.0 Å². The monoisotopic (exact) mass is 762 g/mol. The predicted octanol–water partition coefficient (Wildman–Crippen LogP) is 6.72. The van der Waals surface area contributed by atoms with Crippen molar-refractivity contribution < 1.29 is 32.8 Å². The molecular formula is C43H47FN6O6. The van der Waals surface area contributed by atoms with Crippen LogP contribution in [0.15, 0.2) is 59.1 Å². The minimum Gasteiger partial charge on any atom is -0.370 e. The second kappa shape index (κ2) is 16.1. The number of halogens is 1. The molecule has 56 heavy (non-hydrogen) atoms. The first kappa shape index (κ1) is 39.8. The molecule has 1 atom stereocenters. The normalized spacial score (nSPS) is 15.6. The van der Waals surface area contributed by atoms with E-state index in [9.17, 15) is 24.4 Å². The van der Waals surface area contributed by atoms with Gasteiger partial charge in [-0.1, -0.05) is 29.4 Å². The van der Waals surface area contributed by atoms with Crippen LogP contribution in [0.25, 0.3) is 11.1 Å². The largest absolute Gasteiger partial charge is 0.370 e. The topological polar surface area (TPSA) is 149 Å². The summed E-state index contributed by atoms with van der Waals surface area (Å²) in [7, 11) is 1.55. The van der Waals surface area contributed by atoms with Gasteiger partial charge in [-0.3, -0.25) is 24.5 Å². The quantitative estimate of drug-likeness (QED) is 0.122. The number of aldehydes is 1. The number of ether oxygens (including phenoxy) is 1. The van der Waals surface area contributed by atoms with Gasteiger partial charge in [0.2, 0.25) is 12.3 Å². The van der Waals surface area contributed by atoms with E-state index in [2.05, 4.69) is 58.7 Å². The molecule has 13 heteroatoms. The summed E-state index contributed by atoms with van der Waals surface area (Å²) in [4.78, 5) is 53.2. The SMILES string of the molecule is Cc1ccc(-c2c(C)noc2C)cc1N(CCOC1(C)CN(c2cc(C(=O)N(C)C(C)CCC(=O)NC=O)c(C=O)cc2F)C1)c1ccc(C2(C#N)CC2)cc1. The van der Waals surface area contributed by atoms with E-state index >= 15 is 4.39 Å². The number of anilines is 3. The van der Waals surface area contributed by atoms with Crippen LogP contribution in [0.1, 0.15) is 82.8 Å². The number of carbonyl (C=O) groups is 4. The summed E-state index contributed by atoms with van der Waals surface area (Å²) >= 11 is 0. The maximum absolute atomic E-state index is 15.5. The number of rotatable bonds is 16. The van der Waals surface area contributed by atoms with Crippen LogP contribution in [0, 0.1) is 37.9 Å². The lowest BCUT2D eigenvalue weighted by molar-refractivity contribution is -0.125. The van der Waals surface area contributed by atoms with Crippen LogP contribution in [0.3, 0.4) is 0 Å². The van der Waals surface area contributed by atoms with E-state index < -0.39 is 34.7 Å². The molecule has 0 bridgehead atoms. The minimum absolute atomic E-state index is 0.0283. The van der Waals surface area contributed by atoms with Crippen LogP contribution in [0.2, 0.25) is 0 Å². The molecule has 0 spiro atoms. The van der Waals surface area contributed by atoms with Gasteiger partial charge in [-0.2, -0.15) is 5.26 Å². The van der Waals surface area contributed by atoms with E-state index in [4.69, 9.17) is 9.26 Å². The Morgan fingerprint density at radius 1 is 1.11 bits per heavy atom. The number of aryl methyl sites for hydroxylation is 3. The number of nitrogens with zero attached hydrogens (tertiary/aromatic N) is 5. The van der Waals surface area contributed by atoms with Gasteiger partial charge in [0.25, 0.3) is 5.91 Å². The van der Waals surface area contributed by atoms with Gasteiger partial charge in [0.1, 0.15) is 17.2 Å². The summed E-state index contributed by atoms with van der Waals surface area (Å²) in [6.45, 7) is 11.1. The molecule has 12 nitrogen and oxygen atoms in total. The Labute approximate surface area is 326 Å². The number of nitrogens with one attached hydrogen (secondary N) is 1. The number of benzene rings is 3. The highest BCUT2D eigenvalue weighted by atomic mass is 19.1. The molecular weight excluding hydrogens is 716 g/mol. The number of imide groups is 1. The van der Waals surface area contributed by atoms with Crippen molar-refractivity contribution in [2.45, 2.75) is 77.4 Å². The van der Waals surface area contributed by atoms with Crippen LogP contribution < -0.4 is 15.1 Å². The molecule has 1 aliphatic heterocycles. The Balaban J connectivity index is 1.18. The maximum Gasteiger partial charge on any atom is 0.254 e. The summed E-state index contributed by atoms with van der Waals surface area (Å²) < 4.78 is 27.4. The number of hydrogen-bond donors (Lipinski definition) is 1. The fraction of sp³-hybridized carbons (Fsp3) is 0.395. The standard InChI is InChI=1S/C43H47FN6O6/c1-27-7-9-31(40-29(3)47-56-30(40)4)20-37(27)50(34-12-10-33(11-13-34)43(23-45)15-16-43)17-18-55-42(5)24-49(25-42)38-21-35(32(22-51)19-36(38)44)41(54)48(6)28(2)8-14-39(53)46-26-52/h7,9-13,19-22,26,28H,8,14-18,24-25H2,1-6H3,(H,46,52,53). The summed E-state index contributed by atoms with van der Waals surface area (Å²) in [6, 6.07) is 19.0. The first-order valence-corrected chi connectivity index (χ1v) is 18.7. The van der Waals surface area contributed by atoms with Gasteiger partial charge in [0, 0.05) is 61.6 Å². The van der Waals surface area contributed by atoms with Crippen molar-refractivity contribution in [1.29, 1.82) is 5.26 Å². The number of hydrogen-bond acceptors (Lipinski definition) is 10. The maximum atomic E-state index is 15.5. The highest BCUT2D eigenvalue weighted by Crippen LogP contribution is 2.48. The molecule has 1 N–H and O–H groups in total. The molecule has 1 aromatic heterocycles. The van der Waals surface area contributed by atoms with Gasteiger partial charge < -0.3 is 24.0 Å². The predicted molar refractivity (Wildman–Crippen MR) is 209 cm³/mol. The van der Waals surface area contributed by atoms with E-state index in [-0.39, 0.29) is 29.7 Å². The van der Waals surface area contributed by atoms with Crippen molar-refractivity contribution in [3.05, 3.63) is 94.1 Å². The molecule has 2 fully saturated rings. The van der Waals surface area contributed by atoms with E-state index in [1.54, 1.807) is 18.9 Å². The second-order valence-corrected chi connectivity index (χ2v) is 15.2. The zero-order valence-corrected chi connectivity index (χ0v) is 32.6. The summed E-state index contributed by atoms with van der Waals surface area (Å²) in [5.74, 6) is -0.841. The number of nitriles is 1. The molecule has 3 amide bonds. The number of aromatic nitrogens is 1. The highest BCUT2D eigenvalue weighted by molar-refractivity contribution is 6.02. The Kier molecular flexibility index (Phi) is 11.4. The fourth-order valence-corrected chi connectivity index (χ4v) is 7.46. The molecule has 1 saturated carbocycles. The molecule has 2 heterocycles. The van der Waals surface area contributed by atoms with Gasteiger partial charge >= 0.3 is 0 Å². The molecule has 1 aliphatic carbocycles. The van der Waals surface area contributed by atoms with Gasteiger partial charge in [0.05, 0.1) is 35.0 Å². The first-order valence-electron chi connectivity index (χ1n) is 18.7. The van der Waals surface area contributed by atoms with Gasteiger partial charge in [-0.25, -0.2) is 4.39 Å². The summed E-state index contributed by atoms with van der Waals surface area (Å²) in [5, 5.41) is 16.0. The Bertz CT molecular complexity index is 2160. The lowest BCUT2D eigenvalue weighted by atomic mass is 9.94. The van der Waals surface area contributed by atoms with E-state index in [1.807, 2.05) is 32.9 Å². The van der Waals surface area contributed by atoms with Crippen molar-refractivity contribution in [2.75, 3.05) is 43.1 Å². The molecule has 292 valence electrons. The molecule has 3 aromatic carbocycles. The average Bonchev–Trinajstić information content (AvgIpc) is 3.91. The van der Waals surface area contributed by atoms with E-state index in [1.165, 1.54) is 11.0 Å². The first-order chi connectivity index (χ1) is 26.7. The van der Waals surface area contributed by atoms with Crippen LogP contribution in [0.4, 0.5) is 21.5 Å². The summed E-state index contributed by atoms with van der Waals surface area (Å²) in [5.41, 5.74) is 5.88. The minimum atomic E-state index is -0.625. The lowest BCUT2D eigenvalue weighted by Gasteiger charge is -2.49. The third kappa shape index (κ3) is 8.07. The molecule has 2 aliphatic rings. The molecule has 4 aromatic rings. The number of carbonyl (C=O) groups excluding carboxylic acids is 4. The van der Waals surface area contributed by atoms with Gasteiger partial charge in [0.15, 0.2) is 6.29 Å². The van der Waals surface area contributed by atoms with Gasteiger partial charge in [-0.15, -0.1) is 0 Å². The second-order valence-electron chi connectivity index (χ2n) is 15.2. The molecule has 0 radical (unpaired) electrons. The Morgan fingerprint density at radius 3 is 2.43 bits per heavy atom. The average molecular weight is 763 g/mol. The molecule has 1 saturated heterocycles. The zero-order chi connectivity index (χ0) is 40.4. The van der Waals surface area contributed by atoms with Crippen LogP contribution >= 0.6 is 0 Å². The zero-order valence-electron chi connectivity index (χ0n) is 32.6. The Morgan fingerprint density at radius 2 is 1.82 bits per heavy atom. The third-order valence-corrected chi connectivity index (χ3v) is 11.1. The van der Waals surface area contributed by atoms with E-state index in [0.29, 0.717) is 38.9 Å². The van der Waals surface area contributed by atoms with Crippen molar-refractivity contribution in [2.24, 2.45) is 0 Å². The highest BCUT2D eigenvalue weighted by Gasteiger charge is 2.45. The molecule has 6 rings (SSSR count). The third-order valence-electron chi connectivity index (χ3n) is 11.1. The molecule has 1 unspecified atom stereocenters. The van der Waals surface area contributed by atoms with Crippen LogP contribution in [-0.4, -0.2) is 79.5 Å². The Hall–Kier alpha value is -5.87. The van der Waals surface area contributed by atoms with Crippen LogP contribution in [0.5, 0.6) is 0 Å². The van der Waals surface area contributed by atoms with Crippen LogP contribution in [-0.2, 0) is 19.7 Å². The van der Waals surface area contributed by atoms with Crippen molar-refractivity contribution >= 4 is 41.6 Å². The van der Waals surface area contributed by atoms with Gasteiger partial charge in [-0.05, 0) is 101 Å². The summed E-state index contributed by atoms with van der Waals surface area (Å²) in [6.07, 6.45) is 2.80. The van der Waals surface area contributed by atoms with Crippen molar-refractivity contribution in [3.8, 4) is 17.2 Å².